The summed E-state index contributed by atoms with van der Waals surface area (Å²) in [5.74, 6) is 0.969. The monoisotopic (exact) mass is 288 g/mol. The van der Waals surface area contributed by atoms with Crippen molar-refractivity contribution < 1.29 is 0 Å². The van der Waals surface area contributed by atoms with E-state index in [1.807, 2.05) is 0 Å². The van der Waals surface area contributed by atoms with Crippen molar-refractivity contribution in [2.75, 3.05) is 26.2 Å². The summed E-state index contributed by atoms with van der Waals surface area (Å²) >= 11 is 0. The summed E-state index contributed by atoms with van der Waals surface area (Å²) in [5.41, 5.74) is 4.24. The summed E-state index contributed by atoms with van der Waals surface area (Å²) < 4.78 is 0. The normalized spacial score (nSPS) is 16.4. The van der Waals surface area contributed by atoms with Gasteiger partial charge in [0, 0.05) is 19.1 Å². The Kier molecular flexibility index (Phi) is 6.25. The molecule has 0 heterocycles. The summed E-state index contributed by atoms with van der Waals surface area (Å²) in [4.78, 5) is 2.63. The van der Waals surface area contributed by atoms with Crippen molar-refractivity contribution in [2.45, 2.75) is 53.0 Å². The van der Waals surface area contributed by atoms with Gasteiger partial charge in [-0.1, -0.05) is 32.0 Å². The molecule has 118 valence electrons. The Hall–Kier alpha value is -0.860. The Morgan fingerprint density at radius 3 is 2.52 bits per heavy atom. The van der Waals surface area contributed by atoms with Crippen LogP contribution in [0.25, 0.3) is 0 Å². The molecule has 0 spiro atoms. The van der Waals surface area contributed by atoms with E-state index < -0.39 is 0 Å². The van der Waals surface area contributed by atoms with Gasteiger partial charge in [-0.15, -0.1) is 0 Å². The second-order valence-corrected chi connectivity index (χ2v) is 6.65. The minimum absolute atomic E-state index is 0.461. The highest BCUT2D eigenvalue weighted by Crippen LogP contribution is 2.30. The van der Waals surface area contributed by atoms with Crippen LogP contribution in [0.1, 0.15) is 55.8 Å². The number of rotatable bonds is 9. The molecule has 1 aromatic carbocycles. The van der Waals surface area contributed by atoms with Crippen molar-refractivity contribution in [3.8, 4) is 0 Å². The molecule has 1 aliphatic carbocycles. The van der Waals surface area contributed by atoms with Gasteiger partial charge < -0.3 is 10.2 Å². The first-order valence-electron chi connectivity index (χ1n) is 8.66. The molecule has 0 aromatic heterocycles. The lowest BCUT2D eigenvalue weighted by Crippen LogP contribution is -2.36. The molecule has 1 fully saturated rings. The third-order valence-electron chi connectivity index (χ3n) is 4.68. The van der Waals surface area contributed by atoms with E-state index in [0.29, 0.717) is 6.04 Å². The van der Waals surface area contributed by atoms with Crippen molar-refractivity contribution in [2.24, 2.45) is 5.92 Å². The number of aryl methyl sites for hydroxylation is 2. The summed E-state index contributed by atoms with van der Waals surface area (Å²) in [5, 5.41) is 3.75. The fourth-order valence-electron chi connectivity index (χ4n) is 2.84. The highest BCUT2D eigenvalue weighted by Gasteiger charge is 2.25. The molecule has 1 saturated carbocycles. The van der Waals surface area contributed by atoms with E-state index >= 15 is 0 Å². The van der Waals surface area contributed by atoms with Gasteiger partial charge in [0.1, 0.15) is 0 Å². The van der Waals surface area contributed by atoms with Crippen LogP contribution in [0.15, 0.2) is 18.2 Å². The van der Waals surface area contributed by atoms with Crippen LogP contribution in [-0.2, 0) is 0 Å². The van der Waals surface area contributed by atoms with Gasteiger partial charge in [0.25, 0.3) is 0 Å². The van der Waals surface area contributed by atoms with E-state index in [4.69, 9.17) is 0 Å². The van der Waals surface area contributed by atoms with Gasteiger partial charge in [0.2, 0.25) is 0 Å². The summed E-state index contributed by atoms with van der Waals surface area (Å²) in [6.45, 7) is 13.6. The molecule has 2 nitrogen and oxygen atoms in total. The van der Waals surface area contributed by atoms with E-state index in [9.17, 15) is 0 Å². The second kappa shape index (κ2) is 7.95. The maximum Gasteiger partial charge on any atom is 0.0449 e. The average Bonchev–Trinajstić information content (AvgIpc) is 3.29. The topological polar surface area (TPSA) is 15.3 Å². The van der Waals surface area contributed by atoms with Crippen molar-refractivity contribution in [3.05, 3.63) is 34.9 Å². The maximum atomic E-state index is 3.75. The van der Waals surface area contributed by atoms with Crippen molar-refractivity contribution >= 4 is 0 Å². The molecule has 1 atom stereocenters. The quantitative estimate of drug-likeness (QED) is 0.736. The van der Waals surface area contributed by atoms with Gasteiger partial charge in [-0.3, -0.25) is 0 Å². The molecule has 1 unspecified atom stereocenters. The first kappa shape index (κ1) is 16.5. The predicted molar refractivity (Wildman–Crippen MR) is 91.8 cm³/mol. The molecule has 1 aromatic rings. The molecule has 0 radical (unpaired) electrons. The average molecular weight is 288 g/mol. The molecule has 0 bridgehead atoms. The smallest absolute Gasteiger partial charge is 0.0449 e. The van der Waals surface area contributed by atoms with Crippen molar-refractivity contribution in [1.29, 1.82) is 0 Å². The Morgan fingerprint density at radius 2 is 1.95 bits per heavy atom. The van der Waals surface area contributed by atoms with Gasteiger partial charge in [-0.25, -0.2) is 0 Å². The molecule has 0 aliphatic heterocycles. The van der Waals surface area contributed by atoms with Crippen molar-refractivity contribution in [1.82, 2.24) is 10.2 Å². The molecule has 2 heteroatoms. The Bertz CT molecular complexity index is 437. The number of nitrogens with one attached hydrogen (secondary N) is 1. The maximum absolute atomic E-state index is 3.75. The van der Waals surface area contributed by atoms with Crippen LogP contribution < -0.4 is 5.32 Å². The minimum Gasteiger partial charge on any atom is -0.309 e. The molecule has 2 rings (SSSR count). The lowest BCUT2D eigenvalue weighted by molar-refractivity contribution is 0.244. The first-order valence-corrected chi connectivity index (χ1v) is 8.66. The van der Waals surface area contributed by atoms with E-state index in [1.54, 1.807) is 0 Å². The lowest BCUT2D eigenvalue weighted by Gasteiger charge is -2.28. The Labute approximate surface area is 130 Å². The number of hydrogen-bond acceptors (Lipinski definition) is 2. The Balaban J connectivity index is 2.05. The van der Waals surface area contributed by atoms with Crippen LogP contribution in [0.4, 0.5) is 0 Å². The number of likely N-dealkylation sites (N-methyl/N-ethyl adjacent to an activating group) is 1. The van der Waals surface area contributed by atoms with Crippen LogP contribution in [0.3, 0.4) is 0 Å². The third-order valence-corrected chi connectivity index (χ3v) is 4.68. The molecule has 0 amide bonds. The SMILES string of the molecule is CCCNC(CN(CC)CC1CC1)c1ccc(C)c(C)c1. The summed E-state index contributed by atoms with van der Waals surface area (Å²) in [6.07, 6.45) is 4.07. The third kappa shape index (κ3) is 5.12. The first-order chi connectivity index (χ1) is 10.1. The lowest BCUT2D eigenvalue weighted by atomic mass is 10.0. The van der Waals surface area contributed by atoms with Gasteiger partial charge >= 0.3 is 0 Å². The minimum atomic E-state index is 0.461. The van der Waals surface area contributed by atoms with E-state index in [0.717, 1.165) is 25.6 Å². The number of hydrogen-bond donors (Lipinski definition) is 1. The molecule has 21 heavy (non-hydrogen) atoms. The number of benzene rings is 1. The standard InChI is InChI=1S/C19H32N2/c1-5-11-20-19(14-21(6-2)13-17-8-9-17)18-10-7-15(3)16(4)12-18/h7,10,12,17,19-20H,5-6,8-9,11,13-14H2,1-4H3. The van der Waals surface area contributed by atoms with Gasteiger partial charge in [-0.05, 0) is 68.8 Å². The van der Waals surface area contributed by atoms with E-state index in [-0.39, 0.29) is 0 Å². The molecular weight excluding hydrogens is 256 g/mol. The fraction of sp³-hybridized carbons (Fsp3) is 0.684. The van der Waals surface area contributed by atoms with E-state index in [2.05, 4.69) is 56.1 Å². The zero-order valence-electron chi connectivity index (χ0n) is 14.3. The zero-order valence-corrected chi connectivity index (χ0v) is 14.3. The highest BCUT2D eigenvalue weighted by atomic mass is 15.1. The summed E-state index contributed by atoms with van der Waals surface area (Å²) in [7, 11) is 0. The largest absolute Gasteiger partial charge is 0.309 e. The summed E-state index contributed by atoms with van der Waals surface area (Å²) in [6, 6.07) is 7.40. The molecular formula is C19H32N2. The van der Waals surface area contributed by atoms with Crippen molar-refractivity contribution in [3.63, 3.8) is 0 Å². The van der Waals surface area contributed by atoms with Crippen LogP contribution in [0, 0.1) is 19.8 Å². The molecule has 1 N–H and O–H groups in total. The predicted octanol–water partition coefficient (Wildman–Crippen LogP) is 4.08. The van der Waals surface area contributed by atoms with Crippen LogP contribution in [-0.4, -0.2) is 31.1 Å². The fourth-order valence-corrected chi connectivity index (χ4v) is 2.84. The Morgan fingerprint density at radius 1 is 1.19 bits per heavy atom. The second-order valence-electron chi connectivity index (χ2n) is 6.65. The molecule has 1 aliphatic rings. The zero-order chi connectivity index (χ0) is 15.2. The van der Waals surface area contributed by atoms with Crippen LogP contribution >= 0.6 is 0 Å². The van der Waals surface area contributed by atoms with Gasteiger partial charge in [0.05, 0.1) is 0 Å². The van der Waals surface area contributed by atoms with Crippen LogP contribution in [0.2, 0.25) is 0 Å². The van der Waals surface area contributed by atoms with Gasteiger partial charge in [-0.2, -0.15) is 0 Å². The highest BCUT2D eigenvalue weighted by molar-refractivity contribution is 5.32. The number of nitrogens with zero attached hydrogens (tertiary/aromatic N) is 1. The molecule has 0 saturated heterocycles. The van der Waals surface area contributed by atoms with Gasteiger partial charge in [0.15, 0.2) is 0 Å². The van der Waals surface area contributed by atoms with Crippen LogP contribution in [0.5, 0.6) is 0 Å². The van der Waals surface area contributed by atoms with E-state index in [1.165, 1.54) is 42.5 Å².